The van der Waals surface area contributed by atoms with Crippen LogP contribution in [0, 0.1) is 6.92 Å². The summed E-state index contributed by atoms with van der Waals surface area (Å²) in [5, 5.41) is 3.84. The number of hydrogen-bond donors (Lipinski definition) is 2. The van der Waals surface area contributed by atoms with Gasteiger partial charge in [-0.2, -0.15) is 0 Å². The maximum absolute atomic E-state index is 12.4. The fraction of sp³-hybridized carbons (Fsp3) is 0.294. The van der Waals surface area contributed by atoms with E-state index in [0.29, 0.717) is 10.7 Å². The van der Waals surface area contributed by atoms with E-state index in [2.05, 4.69) is 17.0 Å². The second-order valence-corrected chi connectivity index (χ2v) is 7.46. The molecule has 0 aliphatic carbocycles. The van der Waals surface area contributed by atoms with Crippen LogP contribution < -0.4 is 10.0 Å². The number of hydrogen-bond acceptors (Lipinski definition) is 3. The molecule has 0 saturated carbocycles. The molecule has 2 aromatic rings. The van der Waals surface area contributed by atoms with Crippen molar-refractivity contribution in [2.24, 2.45) is 0 Å². The van der Waals surface area contributed by atoms with Crippen molar-refractivity contribution in [1.29, 1.82) is 0 Å². The molecule has 4 nitrogen and oxygen atoms in total. The minimum atomic E-state index is -3.62. The molecule has 23 heavy (non-hydrogen) atoms. The summed E-state index contributed by atoms with van der Waals surface area (Å²) in [6, 6.07) is 11.9. The van der Waals surface area contributed by atoms with Gasteiger partial charge >= 0.3 is 0 Å². The topological polar surface area (TPSA) is 58.2 Å². The van der Waals surface area contributed by atoms with Gasteiger partial charge in [0.1, 0.15) is 0 Å². The Labute approximate surface area is 142 Å². The number of unbranched alkanes of at least 4 members (excludes halogenated alkanes) is 1. The molecule has 2 N–H and O–H groups in total. The van der Waals surface area contributed by atoms with Crippen LogP contribution in [0.15, 0.2) is 47.4 Å². The number of halogens is 1. The van der Waals surface area contributed by atoms with Crippen molar-refractivity contribution in [2.75, 3.05) is 16.6 Å². The van der Waals surface area contributed by atoms with Crippen LogP contribution in [-0.4, -0.2) is 15.0 Å². The second-order valence-electron chi connectivity index (χ2n) is 5.37. The third kappa shape index (κ3) is 4.88. The Balaban J connectivity index is 2.09. The zero-order valence-corrected chi connectivity index (χ0v) is 14.8. The van der Waals surface area contributed by atoms with Crippen molar-refractivity contribution >= 4 is 33.0 Å². The summed E-state index contributed by atoms with van der Waals surface area (Å²) in [7, 11) is -3.62. The van der Waals surface area contributed by atoms with E-state index in [1.54, 1.807) is 31.2 Å². The van der Waals surface area contributed by atoms with Crippen LogP contribution in [0.4, 0.5) is 11.4 Å². The van der Waals surface area contributed by atoms with E-state index in [0.717, 1.165) is 30.6 Å². The Kier molecular flexibility index (Phi) is 5.91. The molecule has 0 bridgehead atoms. The minimum Gasteiger partial charge on any atom is -0.385 e. The molecule has 0 unspecified atom stereocenters. The third-order valence-corrected chi connectivity index (χ3v) is 5.24. The number of aryl methyl sites for hydroxylation is 1. The first-order valence-electron chi connectivity index (χ1n) is 7.55. The van der Waals surface area contributed by atoms with Crippen LogP contribution in [0.3, 0.4) is 0 Å². The van der Waals surface area contributed by atoms with E-state index in [9.17, 15) is 8.42 Å². The van der Waals surface area contributed by atoms with E-state index in [-0.39, 0.29) is 4.90 Å². The van der Waals surface area contributed by atoms with Crippen LogP contribution in [0.5, 0.6) is 0 Å². The van der Waals surface area contributed by atoms with E-state index < -0.39 is 10.0 Å². The van der Waals surface area contributed by atoms with Crippen LogP contribution in [0.25, 0.3) is 0 Å². The SMILES string of the molecule is CCCCNc1ccc(NS(=O)(=O)c2ccc(Cl)c(C)c2)cc1. The third-order valence-electron chi connectivity index (χ3n) is 3.44. The van der Waals surface area contributed by atoms with Crippen molar-refractivity contribution in [3.05, 3.63) is 53.1 Å². The molecular formula is C17H21ClN2O2S. The molecule has 0 heterocycles. The standard InChI is InChI=1S/C17H21ClN2O2S/c1-3-4-11-19-14-5-7-15(8-6-14)20-23(21,22)16-9-10-17(18)13(2)12-16/h5-10,12,19-20H,3-4,11H2,1-2H3. The quantitative estimate of drug-likeness (QED) is 0.712. The highest BCUT2D eigenvalue weighted by Gasteiger charge is 2.15. The molecule has 2 rings (SSSR count). The molecule has 124 valence electrons. The molecular weight excluding hydrogens is 332 g/mol. The molecule has 0 fully saturated rings. The van der Waals surface area contributed by atoms with Crippen molar-refractivity contribution in [2.45, 2.75) is 31.6 Å². The van der Waals surface area contributed by atoms with Crippen LogP contribution in [-0.2, 0) is 10.0 Å². The van der Waals surface area contributed by atoms with Crippen molar-refractivity contribution in [1.82, 2.24) is 0 Å². The maximum Gasteiger partial charge on any atom is 0.261 e. The predicted octanol–water partition coefficient (Wildman–Crippen LogP) is 4.66. The Bertz CT molecular complexity index is 759. The first kappa shape index (κ1) is 17.6. The number of anilines is 2. The Morgan fingerprint density at radius 3 is 2.30 bits per heavy atom. The van der Waals surface area contributed by atoms with Crippen LogP contribution in [0.2, 0.25) is 5.02 Å². The number of nitrogens with one attached hydrogen (secondary N) is 2. The van der Waals surface area contributed by atoms with Gasteiger partial charge in [-0.3, -0.25) is 4.72 Å². The van der Waals surface area contributed by atoms with Crippen molar-refractivity contribution in [3.8, 4) is 0 Å². The fourth-order valence-electron chi connectivity index (χ4n) is 2.06. The molecule has 0 atom stereocenters. The van der Waals surface area contributed by atoms with Gasteiger partial charge in [-0.15, -0.1) is 0 Å². The summed E-state index contributed by atoms with van der Waals surface area (Å²) in [6.07, 6.45) is 2.23. The lowest BCUT2D eigenvalue weighted by Gasteiger charge is -2.11. The fourth-order valence-corrected chi connectivity index (χ4v) is 3.32. The zero-order valence-electron chi connectivity index (χ0n) is 13.3. The summed E-state index contributed by atoms with van der Waals surface area (Å²) in [4.78, 5) is 0.199. The van der Waals surface area contributed by atoms with E-state index in [1.807, 2.05) is 12.1 Å². The molecule has 0 aromatic heterocycles. The smallest absolute Gasteiger partial charge is 0.261 e. The van der Waals surface area contributed by atoms with Crippen LogP contribution in [0.1, 0.15) is 25.3 Å². The van der Waals surface area contributed by atoms with Gasteiger partial charge in [-0.1, -0.05) is 24.9 Å². The maximum atomic E-state index is 12.4. The average Bonchev–Trinajstić information content (AvgIpc) is 2.51. The van der Waals surface area contributed by atoms with Gasteiger partial charge in [0.25, 0.3) is 10.0 Å². The lowest BCUT2D eigenvalue weighted by molar-refractivity contribution is 0.601. The summed E-state index contributed by atoms with van der Waals surface area (Å²) >= 11 is 5.94. The molecule has 2 aromatic carbocycles. The van der Waals surface area contributed by atoms with Gasteiger partial charge in [0.15, 0.2) is 0 Å². The Morgan fingerprint density at radius 2 is 1.70 bits per heavy atom. The first-order chi connectivity index (χ1) is 10.9. The normalized spacial score (nSPS) is 11.3. The summed E-state index contributed by atoms with van der Waals surface area (Å²) in [5.74, 6) is 0. The lowest BCUT2D eigenvalue weighted by Crippen LogP contribution is -2.13. The van der Waals surface area contributed by atoms with Crippen LogP contribution >= 0.6 is 11.6 Å². The number of rotatable bonds is 7. The zero-order chi connectivity index (χ0) is 16.9. The summed E-state index contributed by atoms with van der Waals surface area (Å²) in [5.41, 5.74) is 2.23. The minimum absolute atomic E-state index is 0.199. The highest BCUT2D eigenvalue weighted by atomic mass is 35.5. The molecule has 0 aliphatic rings. The Hall–Kier alpha value is -1.72. The van der Waals surface area contributed by atoms with Gasteiger partial charge in [-0.05, 0) is 61.4 Å². The highest BCUT2D eigenvalue weighted by Crippen LogP contribution is 2.22. The molecule has 0 aliphatic heterocycles. The number of benzene rings is 2. The molecule has 6 heteroatoms. The molecule has 0 spiro atoms. The van der Waals surface area contributed by atoms with Gasteiger partial charge in [-0.25, -0.2) is 8.42 Å². The lowest BCUT2D eigenvalue weighted by atomic mass is 10.2. The van der Waals surface area contributed by atoms with Crippen molar-refractivity contribution in [3.63, 3.8) is 0 Å². The molecule has 0 amide bonds. The Morgan fingerprint density at radius 1 is 1.04 bits per heavy atom. The van der Waals surface area contributed by atoms with Gasteiger partial charge < -0.3 is 5.32 Å². The second kappa shape index (κ2) is 7.70. The van der Waals surface area contributed by atoms with E-state index in [1.165, 1.54) is 6.07 Å². The average molecular weight is 353 g/mol. The van der Waals surface area contributed by atoms with Crippen molar-refractivity contribution < 1.29 is 8.42 Å². The highest BCUT2D eigenvalue weighted by molar-refractivity contribution is 7.92. The van der Waals surface area contributed by atoms with E-state index >= 15 is 0 Å². The molecule has 0 saturated heterocycles. The summed E-state index contributed by atoms with van der Waals surface area (Å²) < 4.78 is 27.4. The summed E-state index contributed by atoms with van der Waals surface area (Å²) in [6.45, 7) is 4.82. The largest absolute Gasteiger partial charge is 0.385 e. The first-order valence-corrected chi connectivity index (χ1v) is 9.41. The molecule has 0 radical (unpaired) electrons. The monoisotopic (exact) mass is 352 g/mol. The number of sulfonamides is 1. The van der Waals surface area contributed by atoms with Gasteiger partial charge in [0.05, 0.1) is 4.90 Å². The van der Waals surface area contributed by atoms with Gasteiger partial charge in [0.2, 0.25) is 0 Å². The predicted molar refractivity (Wildman–Crippen MR) is 96.8 cm³/mol. The van der Waals surface area contributed by atoms with Gasteiger partial charge in [0, 0.05) is 22.9 Å². The van der Waals surface area contributed by atoms with E-state index in [4.69, 9.17) is 11.6 Å².